The maximum atomic E-state index is 12.6. The van der Waals surface area contributed by atoms with Gasteiger partial charge in [0.25, 0.3) is 5.91 Å². The minimum atomic E-state index is -0.734. The van der Waals surface area contributed by atoms with Gasteiger partial charge < -0.3 is 19.7 Å². The van der Waals surface area contributed by atoms with E-state index in [4.69, 9.17) is 4.74 Å². The number of hydrogen-bond acceptors (Lipinski definition) is 6. The molecule has 8 heteroatoms. The number of amides is 3. The molecule has 0 aromatic heterocycles. The second kappa shape index (κ2) is 8.20. The van der Waals surface area contributed by atoms with E-state index in [1.807, 2.05) is 6.07 Å². The van der Waals surface area contributed by atoms with E-state index in [-0.39, 0.29) is 24.7 Å². The van der Waals surface area contributed by atoms with Crippen LogP contribution in [0.3, 0.4) is 0 Å². The smallest absolute Gasteiger partial charge is 0.255 e. The Bertz CT molecular complexity index is 756. The molecular weight excluding hydrogens is 350 g/mol. The lowest BCUT2D eigenvalue weighted by molar-refractivity contribution is -0.134. The van der Waals surface area contributed by atoms with Crippen molar-refractivity contribution in [3.63, 3.8) is 0 Å². The third-order valence-corrected chi connectivity index (χ3v) is 5.07. The van der Waals surface area contributed by atoms with Gasteiger partial charge in [-0.2, -0.15) is 0 Å². The first-order chi connectivity index (χ1) is 13.0. The zero-order valence-electron chi connectivity index (χ0n) is 15.2. The summed E-state index contributed by atoms with van der Waals surface area (Å²) in [4.78, 5) is 48.7. The van der Waals surface area contributed by atoms with Crippen LogP contribution >= 0.6 is 0 Å². The van der Waals surface area contributed by atoms with Crippen molar-refractivity contribution in [3.05, 3.63) is 23.8 Å². The molecule has 2 fully saturated rings. The number of ether oxygens (including phenoxy) is 1. The van der Waals surface area contributed by atoms with Crippen LogP contribution in [0.15, 0.2) is 18.2 Å². The molecule has 3 rings (SSSR count). The van der Waals surface area contributed by atoms with Crippen molar-refractivity contribution < 1.29 is 23.9 Å². The highest BCUT2D eigenvalue weighted by Gasteiger charge is 2.29. The predicted octanol–water partition coefficient (Wildman–Crippen LogP) is 0.645. The molecule has 0 spiro atoms. The van der Waals surface area contributed by atoms with Crippen molar-refractivity contribution in [1.82, 2.24) is 10.6 Å². The fourth-order valence-corrected chi connectivity index (χ4v) is 3.43. The van der Waals surface area contributed by atoms with Crippen molar-refractivity contribution in [3.8, 4) is 5.75 Å². The molecule has 8 nitrogen and oxygen atoms in total. The Balaban J connectivity index is 1.70. The van der Waals surface area contributed by atoms with Crippen LogP contribution < -0.4 is 20.3 Å². The van der Waals surface area contributed by atoms with Crippen LogP contribution in [-0.2, 0) is 14.4 Å². The number of carbonyl (C=O) groups excluding carboxylic acids is 4. The lowest BCUT2D eigenvalue weighted by atomic mass is 9.98. The summed E-state index contributed by atoms with van der Waals surface area (Å²) in [6.07, 6.45) is 3.11. The maximum absolute atomic E-state index is 12.6. The van der Waals surface area contributed by atoms with Crippen molar-refractivity contribution in [2.75, 3.05) is 25.1 Å². The van der Waals surface area contributed by atoms with Crippen molar-refractivity contribution in [1.29, 1.82) is 0 Å². The van der Waals surface area contributed by atoms with Crippen LogP contribution in [0.1, 0.15) is 36.0 Å². The normalized spacial score (nSPS) is 20.8. The highest BCUT2D eigenvalue weighted by molar-refractivity contribution is 6.04. The second-order valence-electron chi connectivity index (χ2n) is 6.82. The maximum Gasteiger partial charge on any atom is 0.255 e. The molecule has 144 valence electrons. The fraction of sp³-hybridized carbons (Fsp3) is 0.474. The van der Waals surface area contributed by atoms with Gasteiger partial charge in [-0.05, 0) is 31.4 Å². The largest absolute Gasteiger partial charge is 0.496 e. The van der Waals surface area contributed by atoms with Crippen molar-refractivity contribution >= 4 is 29.7 Å². The molecule has 3 amide bonds. The number of nitrogens with zero attached hydrogens (tertiary/aromatic N) is 1. The first kappa shape index (κ1) is 18.9. The molecule has 1 unspecified atom stereocenters. The van der Waals surface area contributed by atoms with Gasteiger partial charge >= 0.3 is 0 Å². The number of aldehydes is 1. The van der Waals surface area contributed by atoms with Gasteiger partial charge in [0.1, 0.15) is 18.1 Å². The molecule has 1 aromatic rings. The lowest BCUT2D eigenvalue weighted by Gasteiger charge is -2.32. The Morgan fingerprint density at radius 3 is 2.63 bits per heavy atom. The average Bonchev–Trinajstić information content (AvgIpc) is 2.69. The van der Waals surface area contributed by atoms with E-state index in [0.29, 0.717) is 11.3 Å². The first-order valence-electron chi connectivity index (χ1n) is 9.04. The molecule has 0 bridgehead atoms. The molecule has 1 atom stereocenters. The number of hydrogen-bond donors (Lipinski definition) is 2. The Morgan fingerprint density at radius 2 is 2.00 bits per heavy atom. The fourth-order valence-electron chi connectivity index (χ4n) is 3.43. The number of benzene rings is 1. The van der Waals surface area contributed by atoms with Crippen LogP contribution in [0, 0.1) is 5.92 Å². The molecule has 0 radical (unpaired) electrons. The average molecular weight is 373 g/mol. The Hall–Kier alpha value is -2.90. The topological polar surface area (TPSA) is 105 Å². The zero-order valence-corrected chi connectivity index (χ0v) is 15.2. The Labute approximate surface area is 157 Å². The molecule has 0 saturated carbocycles. The van der Waals surface area contributed by atoms with E-state index >= 15 is 0 Å². The van der Waals surface area contributed by atoms with Gasteiger partial charge in [0.15, 0.2) is 0 Å². The third-order valence-electron chi connectivity index (χ3n) is 5.07. The van der Waals surface area contributed by atoms with Crippen LogP contribution in [0.2, 0.25) is 0 Å². The third kappa shape index (κ3) is 4.27. The summed E-state index contributed by atoms with van der Waals surface area (Å²) in [5.41, 5.74) is 1.25. The molecule has 0 aliphatic carbocycles. The summed E-state index contributed by atoms with van der Waals surface area (Å²) in [5.74, 6) is -0.719. The van der Waals surface area contributed by atoms with Gasteiger partial charge in [0.2, 0.25) is 11.8 Å². The molecule has 2 aliphatic heterocycles. The van der Waals surface area contributed by atoms with E-state index in [0.717, 1.165) is 37.9 Å². The van der Waals surface area contributed by atoms with E-state index < -0.39 is 17.9 Å². The lowest BCUT2D eigenvalue weighted by Crippen LogP contribution is -2.52. The monoisotopic (exact) mass is 373 g/mol. The van der Waals surface area contributed by atoms with Crippen LogP contribution in [-0.4, -0.2) is 50.2 Å². The number of imide groups is 1. The van der Waals surface area contributed by atoms with Gasteiger partial charge in [-0.25, -0.2) is 0 Å². The van der Waals surface area contributed by atoms with E-state index in [1.54, 1.807) is 12.1 Å². The van der Waals surface area contributed by atoms with Gasteiger partial charge in [-0.15, -0.1) is 0 Å². The Kier molecular flexibility index (Phi) is 5.73. The molecule has 2 aliphatic rings. The minimum Gasteiger partial charge on any atom is -0.496 e. The summed E-state index contributed by atoms with van der Waals surface area (Å²) in [6, 6.07) is 4.56. The van der Waals surface area contributed by atoms with Gasteiger partial charge in [-0.1, -0.05) is 0 Å². The van der Waals surface area contributed by atoms with Crippen LogP contribution in [0.4, 0.5) is 5.69 Å². The minimum absolute atomic E-state index is 0.113. The molecule has 2 heterocycles. The van der Waals surface area contributed by atoms with E-state index in [1.165, 1.54) is 7.11 Å². The Morgan fingerprint density at radius 1 is 1.26 bits per heavy atom. The summed E-state index contributed by atoms with van der Waals surface area (Å²) < 4.78 is 5.37. The summed E-state index contributed by atoms with van der Waals surface area (Å²) >= 11 is 0. The van der Waals surface area contributed by atoms with E-state index in [9.17, 15) is 19.2 Å². The quantitative estimate of drug-likeness (QED) is 0.580. The standard InChI is InChI=1S/C19H23N3O5/c1-27-16-10-13(22-8-6-12(11-23)7-9-22)2-3-14(16)18(25)20-15-4-5-17(24)21-19(15)26/h2-3,10-12,15H,4-9H2,1H3,(H,20,25)(H,21,24,26). The number of piperidine rings is 2. The summed E-state index contributed by atoms with van der Waals surface area (Å²) in [7, 11) is 1.49. The summed E-state index contributed by atoms with van der Waals surface area (Å²) in [5, 5.41) is 4.88. The molecular formula is C19H23N3O5. The van der Waals surface area contributed by atoms with Crippen molar-refractivity contribution in [2.24, 2.45) is 5.92 Å². The van der Waals surface area contributed by atoms with Gasteiger partial charge in [0.05, 0.1) is 12.7 Å². The van der Waals surface area contributed by atoms with Gasteiger partial charge in [-0.3, -0.25) is 19.7 Å². The van der Waals surface area contributed by atoms with Crippen molar-refractivity contribution in [2.45, 2.75) is 31.7 Å². The van der Waals surface area contributed by atoms with Crippen LogP contribution in [0.5, 0.6) is 5.75 Å². The number of nitrogens with one attached hydrogen (secondary N) is 2. The molecule has 1 aromatic carbocycles. The number of methoxy groups -OCH3 is 1. The zero-order chi connectivity index (χ0) is 19.4. The second-order valence-corrected chi connectivity index (χ2v) is 6.82. The number of anilines is 1. The SMILES string of the molecule is COc1cc(N2CCC(C=O)CC2)ccc1C(=O)NC1CCC(=O)NC1=O. The molecule has 27 heavy (non-hydrogen) atoms. The number of rotatable bonds is 5. The highest BCUT2D eigenvalue weighted by Crippen LogP contribution is 2.28. The van der Waals surface area contributed by atoms with Gasteiger partial charge in [0, 0.05) is 37.2 Å². The van der Waals surface area contributed by atoms with E-state index in [2.05, 4.69) is 15.5 Å². The predicted molar refractivity (Wildman–Crippen MR) is 97.6 cm³/mol. The van der Waals surface area contributed by atoms with Crippen LogP contribution in [0.25, 0.3) is 0 Å². The molecule has 2 saturated heterocycles. The molecule has 2 N–H and O–H groups in total. The number of carbonyl (C=O) groups is 4. The summed E-state index contributed by atoms with van der Waals surface area (Å²) in [6.45, 7) is 1.54. The first-order valence-corrected chi connectivity index (χ1v) is 9.04. The highest BCUT2D eigenvalue weighted by atomic mass is 16.5.